The molecule has 31 heavy (non-hydrogen) atoms. The van der Waals surface area contributed by atoms with Crippen molar-refractivity contribution >= 4 is 40.5 Å². The van der Waals surface area contributed by atoms with Gasteiger partial charge >= 0.3 is 0 Å². The highest BCUT2D eigenvalue weighted by atomic mass is 35.5. The van der Waals surface area contributed by atoms with E-state index in [0.29, 0.717) is 28.8 Å². The van der Waals surface area contributed by atoms with Crippen LogP contribution in [-0.2, 0) is 6.42 Å². The largest absolute Gasteiger partial charge is 0.459 e. The summed E-state index contributed by atoms with van der Waals surface area (Å²) in [7, 11) is 0. The third kappa shape index (κ3) is 3.78. The van der Waals surface area contributed by atoms with Crippen LogP contribution in [0.15, 0.2) is 76.6 Å². The molecule has 7 nitrogen and oxygen atoms in total. The van der Waals surface area contributed by atoms with Gasteiger partial charge in [0.1, 0.15) is 5.82 Å². The minimum Gasteiger partial charge on any atom is -0.459 e. The number of aliphatic imine (C=N–C) groups is 1. The fourth-order valence-corrected chi connectivity index (χ4v) is 3.62. The Morgan fingerprint density at radius 3 is 2.71 bits per heavy atom. The van der Waals surface area contributed by atoms with E-state index in [2.05, 4.69) is 20.3 Å². The van der Waals surface area contributed by atoms with E-state index >= 15 is 0 Å². The van der Waals surface area contributed by atoms with E-state index in [1.54, 1.807) is 48.8 Å². The quantitative estimate of drug-likeness (QED) is 0.479. The van der Waals surface area contributed by atoms with Crippen molar-refractivity contribution in [1.29, 1.82) is 0 Å². The molecule has 4 aromatic rings. The minimum atomic E-state index is -0.335. The Bertz CT molecular complexity index is 1310. The molecule has 5 rings (SSSR count). The maximum absolute atomic E-state index is 12.3. The molecule has 0 bridgehead atoms. The third-order valence-corrected chi connectivity index (χ3v) is 5.27. The fraction of sp³-hybridized carbons (Fsp3) is 0.0435. The van der Waals surface area contributed by atoms with Crippen LogP contribution in [0.25, 0.3) is 11.1 Å². The number of halogens is 1. The second kappa shape index (κ2) is 7.70. The zero-order valence-corrected chi connectivity index (χ0v) is 16.9. The predicted molar refractivity (Wildman–Crippen MR) is 120 cm³/mol. The van der Waals surface area contributed by atoms with E-state index in [0.717, 1.165) is 28.0 Å². The van der Waals surface area contributed by atoms with Crippen LogP contribution in [0, 0.1) is 0 Å². The van der Waals surface area contributed by atoms with Gasteiger partial charge < -0.3 is 15.5 Å². The summed E-state index contributed by atoms with van der Waals surface area (Å²) in [5.41, 5.74) is 10.7. The van der Waals surface area contributed by atoms with Crippen LogP contribution in [-0.4, -0.2) is 21.6 Å². The van der Waals surface area contributed by atoms with Crippen LogP contribution in [0.4, 0.5) is 17.3 Å². The molecule has 0 aliphatic carbocycles. The van der Waals surface area contributed by atoms with Crippen LogP contribution in [0.1, 0.15) is 21.7 Å². The number of hydrogen-bond donors (Lipinski definition) is 2. The lowest BCUT2D eigenvalue weighted by atomic mass is 10.0. The summed E-state index contributed by atoms with van der Waals surface area (Å²) in [5.74, 6) is 1.02. The number of nitrogen functional groups attached to an aromatic ring is 1. The van der Waals surface area contributed by atoms with Crippen molar-refractivity contribution in [2.24, 2.45) is 4.99 Å². The SMILES string of the molecule is Nc1ccc(-c2cnc3c(c2)CC(c2cc(NC(=O)c4ccco4)ccc2Cl)=N3)cn1. The molecule has 4 heterocycles. The van der Waals surface area contributed by atoms with Gasteiger partial charge in [-0.3, -0.25) is 4.79 Å². The lowest BCUT2D eigenvalue weighted by Gasteiger charge is -2.08. The Balaban J connectivity index is 1.40. The van der Waals surface area contributed by atoms with E-state index < -0.39 is 0 Å². The molecule has 1 aromatic carbocycles. The summed E-state index contributed by atoms with van der Waals surface area (Å²) in [6.45, 7) is 0. The summed E-state index contributed by atoms with van der Waals surface area (Å²) in [5, 5.41) is 3.36. The number of rotatable bonds is 4. The predicted octanol–water partition coefficient (Wildman–Crippen LogP) is 4.90. The van der Waals surface area contributed by atoms with Gasteiger partial charge in [-0.1, -0.05) is 11.6 Å². The van der Waals surface area contributed by atoms with Gasteiger partial charge in [0, 0.05) is 51.8 Å². The molecular formula is C23H16ClN5O2. The fourth-order valence-electron chi connectivity index (χ4n) is 3.40. The first kappa shape index (κ1) is 19.0. The van der Waals surface area contributed by atoms with Crippen LogP contribution in [0.3, 0.4) is 0 Å². The van der Waals surface area contributed by atoms with Crippen molar-refractivity contribution in [2.45, 2.75) is 6.42 Å². The van der Waals surface area contributed by atoms with Gasteiger partial charge in [0.2, 0.25) is 0 Å². The molecule has 152 valence electrons. The summed E-state index contributed by atoms with van der Waals surface area (Å²) < 4.78 is 5.14. The molecule has 1 aliphatic heterocycles. The number of nitrogens with zero attached hydrogens (tertiary/aromatic N) is 3. The average molecular weight is 430 g/mol. The number of benzene rings is 1. The molecular weight excluding hydrogens is 414 g/mol. The van der Waals surface area contributed by atoms with Crippen molar-refractivity contribution in [2.75, 3.05) is 11.1 Å². The molecule has 0 radical (unpaired) electrons. The van der Waals surface area contributed by atoms with Gasteiger partial charge in [0.05, 0.1) is 12.0 Å². The molecule has 0 unspecified atom stereocenters. The maximum Gasteiger partial charge on any atom is 0.291 e. The molecule has 0 fully saturated rings. The molecule has 1 aliphatic rings. The van der Waals surface area contributed by atoms with Crippen molar-refractivity contribution in [1.82, 2.24) is 9.97 Å². The Kier molecular flexibility index (Phi) is 4.72. The number of amides is 1. The van der Waals surface area contributed by atoms with E-state index in [4.69, 9.17) is 21.8 Å². The molecule has 0 saturated carbocycles. The highest BCUT2D eigenvalue weighted by molar-refractivity contribution is 6.34. The van der Waals surface area contributed by atoms with Gasteiger partial charge in [0.15, 0.2) is 11.6 Å². The second-order valence-electron chi connectivity index (χ2n) is 7.04. The average Bonchev–Trinajstić information content (AvgIpc) is 3.45. The summed E-state index contributed by atoms with van der Waals surface area (Å²) in [6, 6.07) is 14.2. The second-order valence-corrected chi connectivity index (χ2v) is 7.45. The number of anilines is 2. The van der Waals surface area contributed by atoms with E-state index in [1.807, 2.05) is 12.1 Å². The van der Waals surface area contributed by atoms with E-state index in [1.165, 1.54) is 6.26 Å². The van der Waals surface area contributed by atoms with Gasteiger partial charge in [-0.05, 0) is 48.5 Å². The number of furan rings is 1. The molecule has 1 amide bonds. The summed E-state index contributed by atoms with van der Waals surface area (Å²) in [6.07, 6.45) is 5.51. The molecule has 3 N–H and O–H groups in total. The van der Waals surface area contributed by atoms with Crippen molar-refractivity contribution in [3.05, 3.63) is 89.1 Å². The number of pyridine rings is 2. The maximum atomic E-state index is 12.3. The first-order chi connectivity index (χ1) is 15.1. The first-order valence-electron chi connectivity index (χ1n) is 9.50. The van der Waals surface area contributed by atoms with Crippen LogP contribution >= 0.6 is 11.6 Å². The first-order valence-corrected chi connectivity index (χ1v) is 9.88. The zero-order valence-electron chi connectivity index (χ0n) is 16.2. The van der Waals surface area contributed by atoms with Gasteiger partial charge in [-0.2, -0.15) is 0 Å². The van der Waals surface area contributed by atoms with Crippen molar-refractivity contribution in [3.63, 3.8) is 0 Å². The van der Waals surface area contributed by atoms with Crippen LogP contribution in [0.2, 0.25) is 5.02 Å². The molecule has 3 aromatic heterocycles. The molecule has 0 saturated heterocycles. The minimum absolute atomic E-state index is 0.232. The Hall–Kier alpha value is -3.97. The van der Waals surface area contributed by atoms with Crippen LogP contribution in [0.5, 0.6) is 0 Å². The molecule has 0 atom stereocenters. The Labute approximate surface area is 182 Å². The monoisotopic (exact) mass is 429 g/mol. The summed E-state index contributed by atoms with van der Waals surface area (Å²) in [4.78, 5) is 25.6. The molecule has 8 heteroatoms. The topological polar surface area (TPSA) is 106 Å². The van der Waals surface area contributed by atoms with Gasteiger partial charge in [-0.25, -0.2) is 15.0 Å². The number of aromatic nitrogens is 2. The number of fused-ring (bicyclic) bond motifs is 1. The van der Waals surface area contributed by atoms with Gasteiger partial charge in [0.25, 0.3) is 5.91 Å². The Morgan fingerprint density at radius 1 is 1.06 bits per heavy atom. The number of carbonyl (C=O) groups is 1. The number of nitrogens with one attached hydrogen (secondary N) is 1. The van der Waals surface area contributed by atoms with Gasteiger partial charge in [-0.15, -0.1) is 0 Å². The van der Waals surface area contributed by atoms with Crippen molar-refractivity contribution in [3.8, 4) is 11.1 Å². The number of hydrogen-bond acceptors (Lipinski definition) is 6. The van der Waals surface area contributed by atoms with E-state index in [-0.39, 0.29) is 11.7 Å². The highest BCUT2D eigenvalue weighted by Gasteiger charge is 2.21. The molecule has 0 spiro atoms. The number of nitrogens with two attached hydrogens (primary N) is 1. The smallest absolute Gasteiger partial charge is 0.291 e. The zero-order chi connectivity index (χ0) is 21.4. The standard InChI is InChI=1S/C23H16ClN5O2/c24-18-5-4-16(28-23(30)20-2-1-7-31-20)10-17(18)19-9-14-8-15(12-27-22(14)29-19)13-3-6-21(25)26-11-13/h1-8,10-12H,9H2,(H2,25,26)(H,28,30). The third-order valence-electron chi connectivity index (χ3n) is 4.94. The Morgan fingerprint density at radius 2 is 1.94 bits per heavy atom. The van der Waals surface area contributed by atoms with E-state index in [9.17, 15) is 4.79 Å². The lowest BCUT2D eigenvalue weighted by Crippen LogP contribution is -2.11. The summed E-state index contributed by atoms with van der Waals surface area (Å²) >= 11 is 6.44. The normalized spacial score (nSPS) is 12.4. The lowest BCUT2D eigenvalue weighted by molar-refractivity contribution is 0.0996. The number of carbonyl (C=O) groups excluding carboxylic acids is 1. The van der Waals surface area contributed by atoms with Crippen molar-refractivity contribution < 1.29 is 9.21 Å². The highest BCUT2D eigenvalue weighted by Crippen LogP contribution is 2.33. The van der Waals surface area contributed by atoms with Crippen LogP contribution < -0.4 is 11.1 Å².